The van der Waals surface area contributed by atoms with E-state index in [1.54, 1.807) is 7.05 Å². The monoisotopic (exact) mass is 200 g/mol. The molecule has 0 aromatic rings. The van der Waals surface area contributed by atoms with Crippen molar-refractivity contribution in [2.24, 2.45) is 5.92 Å². The van der Waals surface area contributed by atoms with Gasteiger partial charge in [-0.3, -0.25) is 4.79 Å². The Labute approximate surface area is 85.6 Å². The number of hydrogen-bond acceptors (Lipinski definition) is 3. The van der Waals surface area contributed by atoms with Gasteiger partial charge in [-0.2, -0.15) is 0 Å². The fourth-order valence-corrected chi connectivity index (χ4v) is 1.74. The normalized spacial score (nSPS) is 21.6. The molecule has 14 heavy (non-hydrogen) atoms. The first kappa shape index (κ1) is 11.5. The SMILES string of the molecule is CCOCC1CCN(C(=O)CNC)C1. The lowest BCUT2D eigenvalue weighted by Crippen LogP contribution is -2.35. The molecule has 1 saturated heterocycles. The van der Waals surface area contributed by atoms with Crippen molar-refractivity contribution in [3.05, 3.63) is 0 Å². The predicted molar refractivity (Wildman–Crippen MR) is 55.1 cm³/mol. The molecule has 1 N–H and O–H groups in total. The Balaban J connectivity index is 2.22. The quantitative estimate of drug-likeness (QED) is 0.684. The summed E-state index contributed by atoms with van der Waals surface area (Å²) in [5.41, 5.74) is 0. The van der Waals surface area contributed by atoms with Gasteiger partial charge in [-0.25, -0.2) is 0 Å². The molecule has 0 aliphatic carbocycles. The summed E-state index contributed by atoms with van der Waals surface area (Å²) in [7, 11) is 1.80. The zero-order chi connectivity index (χ0) is 10.4. The molecule has 1 atom stereocenters. The number of nitrogens with zero attached hydrogens (tertiary/aromatic N) is 1. The first-order valence-corrected chi connectivity index (χ1v) is 5.28. The summed E-state index contributed by atoms with van der Waals surface area (Å²) in [4.78, 5) is 13.4. The molecular weight excluding hydrogens is 180 g/mol. The summed E-state index contributed by atoms with van der Waals surface area (Å²) in [6, 6.07) is 0. The van der Waals surface area contributed by atoms with E-state index in [1.165, 1.54) is 0 Å². The van der Waals surface area contributed by atoms with Crippen LogP contribution in [0.4, 0.5) is 0 Å². The molecule has 1 amide bonds. The number of ether oxygens (including phenoxy) is 1. The number of amides is 1. The average Bonchev–Trinajstić information content (AvgIpc) is 2.63. The number of hydrogen-bond donors (Lipinski definition) is 1. The number of carbonyl (C=O) groups is 1. The third-order valence-corrected chi connectivity index (χ3v) is 2.52. The Morgan fingerprint density at radius 3 is 3.07 bits per heavy atom. The van der Waals surface area contributed by atoms with E-state index in [0.29, 0.717) is 12.5 Å². The first-order valence-electron chi connectivity index (χ1n) is 5.28. The van der Waals surface area contributed by atoms with Crippen LogP contribution in [-0.2, 0) is 9.53 Å². The van der Waals surface area contributed by atoms with E-state index < -0.39 is 0 Å². The van der Waals surface area contributed by atoms with Gasteiger partial charge in [0, 0.05) is 25.6 Å². The van der Waals surface area contributed by atoms with Crippen LogP contribution in [0, 0.1) is 5.92 Å². The van der Waals surface area contributed by atoms with Crippen molar-refractivity contribution in [3.63, 3.8) is 0 Å². The second-order valence-corrected chi connectivity index (χ2v) is 3.68. The molecule has 0 aromatic carbocycles. The van der Waals surface area contributed by atoms with Crippen LogP contribution in [0.3, 0.4) is 0 Å². The van der Waals surface area contributed by atoms with E-state index >= 15 is 0 Å². The zero-order valence-corrected chi connectivity index (χ0v) is 9.08. The summed E-state index contributed by atoms with van der Waals surface area (Å²) in [5.74, 6) is 0.738. The Hall–Kier alpha value is -0.610. The second kappa shape index (κ2) is 5.98. The number of likely N-dealkylation sites (tertiary alicyclic amines) is 1. The molecule has 1 rings (SSSR count). The van der Waals surface area contributed by atoms with Crippen LogP contribution in [-0.4, -0.2) is 50.7 Å². The molecule has 1 heterocycles. The summed E-state index contributed by atoms with van der Waals surface area (Å²) < 4.78 is 5.35. The van der Waals surface area contributed by atoms with Crippen molar-refractivity contribution in [2.75, 3.05) is 39.9 Å². The van der Waals surface area contributed by atoms with E-state index in [-0.39, 0.29) is 5.91 Å². The van der Waals surface area contributed by atoms with Gasteiger partial charge >= 0.3 is 0 Å². The van der Waals surface area contributed by atoms with E-state index in [4.69, 9.17) is 4.74 Å². The number of carbonyl (C=O) groups excluding carboxylic acids is 1. The van der Waals surface area contributed by atoms with Crippen LogP contribution >= 0.6 is 0 Å². The molecule has 1 aliphatic rings. The molecule has 4 nitrogen and oxygen atoms in total. The van der Waals surface area contributed by atoms with E-state index in [9.17, 15) is 4.79 Å². The lowest BCUT2D eigenvalue weighted by Gasteiger charge is -2.16. The minimum atomic E-state index is 0.200. The highest BCUT2D eigenvalue weighted by molar-refractivity contribution is 5.78. The fraction of sp³-hybridized carbons (Fsp3) is 0.900. The molecular formula is C10H20N2O2. The largest absolute Gasteiger partial charge is 0.381 e. The second-order valence-electron chi connectivity index (χ2n) is 3.68. The number of nitrogens with one attached hydrogen (secondary N) is 1. The van der Waals surface area contributed by atoms with E-state index in [2.05, 4.69) is 5.32 Å². The Kier molecular flexibility index (Phi) is 4.90. The Morgan fingerprint density at radius 2 is 2.43 bits per heavy atom. The molecule has 0 saturated carbocycles. The van der Waals surface area contributed by atoms with Gasteiger partial charge in [0.1, 0.15) is 0 Å². The highest BCUT2D eigenvalue weighted by Gasteiger charge is 2.25. The number of likely N-dealkylation sites (N-methyl/N-ethyl adjacent to an activating group) is 1. The van der Waals surface area contributed by atoms with Gasteiger partial charge in [-0.1, -0.05) is 0 Å². The third kappa shape index (κ3) is 3.27. The third-order valence-electron chi connectivity index (χ3n) is 2.52. The molecule has 0 bridgehead atoms. The maximum atomic E-state index is 11.5. The van der Waals surface area contributed by atoms with Gasteiger partial charge in [0.2, 0.25) is 5.91 Å². The smallest absolute Gasteiger partial charge is 0.236 e. The molecule has 1 aliphatic heterocycles. The van der Waals surface area contributed by atoms with Crippen molar-refractivity contribution in [2.45, 2.75) is 13.3 Å². The van der Waals surface area contributed by atoms with Crippen molar-refractivity contribution in [3.8, 4) is 0 Å². The maximum Gasteiger partial charge on any atom is 0.236 e. The van der Waals surface area contributed by atoms with Gasteiger partial charge in [0.05, 0.1) is 13.2 Å². The Bertz CT molecular complexity index is 185. The molecule has 4 heteroatoms. The standard InChI is InChI=1S/C10H20N2O2/c1-3-14-8-9-4-5-12(7-9)10(13)6-11-2/h9,11H,3-8H2,1-2H3. The molecule has 1 unspecified atom stereocenters. The van der Waals surface area contributed by atoms with Crippen molar-refractivity contribution >= 4 is 5.91 Å². The topological polar surface area (TPSA) is 41.6 Å². The number of rotatable bonds is 5. The highest BCUT2D eigenvalue weighted by atomic mass is 16.5. The highest BCUT2D eigenvalue weighted by Crippen LogP contribution is 2.16. The van der Waals surface area contributed by atoms with Gasteiger partial charge in [0.25, 0.3) is 0 Å². The zero-order valence-electron chi connectivity index (χ0n) is 9.08. The molecule has 0 spiro atoms. The molecule has 1 fully saturated rings. The van der Waals surface area contributed by atoms with Crippen LogP contribution in [0.25, 0.3) is 0 Å². The maximum absolute atomic E-state index is 11.5. The van der Waals surface area contributed by atoms with Crippen LogP contribution < -0.4 is 5.32 Å². The predicted octanol–water partition coefficient (Wildman–Crippen LogP) is 0.0908. The van der Waals surface area contributed by atoms with E-state index in [0.717, 1.165) is 32.7 Å². The average molecular weight is 200 g/mol. The van der Waals surface area contributed by atoms with Crippen molar-refractivity contribution < 1.29 is 9.53 Å². The fourth-order valence-electron chi connectivity index (χ4n) is 1.74. The van der Waals surface area contributed by atoms with Gasteiger partial charge in [-0.05, 0) is 20.4 Å². The van der Waals surface area contributed by atoms with Crippen molar-refractivity contribution in [1.82, 2.24) is 10.2 Å². The summed E-state index contributed by atoms with van der Waals surface area (Å²) in [6.45, 7) is 5.75. The van der Waals surface area contributed by atoms with Crippen LogP contribution in [0.2, 0.25) is 0 Å². The summed E-state index contributed by atoms with van der Waals surface area (Å²) >= 11 is 0. The molecule has 0 radical (unpaired) electrons. The van der Waals surface area contributed by atoms with Crippen molar-refractivity contribution in [1.29, 1.82) is 0 Å². The lowest BCUT2D eigenvalue weighted by molar-refractivity contribution is -0.129. The molecule has 82 valence electrons. The summed E-state index contributed by atoms with van der Waals surface area (Å²) in [6.07, 6.45) is 1.08. The summed E-state index contributed by atoms with van der Waals surface area (Å²) in [5, 5.41) is 2.88. The first-order chi connectivity index (χ1) is 6.77. The Morgan fingerprint density at radius 1 is 1.64 bits per heavy atom. The minimum absolute atomic E-state index is 0.200. The van der Waals surface area contributed by atoms with Crippen LogP contribution in [0.5, 0.6) is 0 Å². The van der Waals surface area contributed by atoms with Crippen LogP contribution in [0.15, 0.2) is 0 Å². The minimum Gasteiger partial charge on any atom is -0.381 e. The van der Waals surface area contributed by atoms with E-state index in [1.807, 2.05) is 11.8 Å². The van der Waals surface area contributed by atoms with Gasteiger partial charge in [0.15, 0.2) is 0 Å². The van der Waals surface area contributed by atoms with Gasteiger partial charge < -0.3 is 15.0 Å². The lowest BCUT2D eigenvalue weighted by atomic mass is 10.1. The van der Waals surface area contributed by atoms with Gasteiger partial charge in [-0.15, -0.1) is 0 Å². The van der Waals surface area contributed by atoms with Crippen LogP contribution in [0.1, 0.15) is 13.3 Å². The molecule has 0 aromatic heterocycles.